The Kier molecular flexibility index (Phi) is 4.95. The van der Waals surface area contributed by atoms with Crippen LogP contribution in [0.1, 0.15) is 6.42 Å². The highest BCUT2D eigenvalue weighted by atomic mass is 79.9. The maximum Gasteiger partial charge on any atom is 0.224 e. The second kappa shape index (κ2) is 6.70. The van der Waals surface area contributed by atoms with E-state index in [9.17, 15) is 4.79 Å². The molecule has 0 bridgehead atoms. The van der Waals surface area contributed by atoms with Gasteiger partial charge in [0.15, 0.2) is 0 Å². The third kappa shape index (κ3) is 3.68. The largest absolute Gasteiger partial charge is 0.378 e. The Morgan fingerprint density at radius 2 is 2.28 bits per heavy atom. The van der Waals surface area contributed by atoms with Gasteiger partial charge in [-0.25, -0.2) is 4.98 Å². The number of halogens is 1. The van der Waals surface area contributed by atoms with Crippen molar-refractivity contribution in [1.82, 2.24) is 9.88 Å². The number of carbonyl (C=O) groups is 1. The van der Waals surface area contributed by atoms with Crippen LogP contribution < -0.4 is 5.32 Å². The van der Waals surface area contributed by atoms with Gasteiger partial charge in [0.1, 0.15) is 5.82 Å². The maximum atomic E-state index is 11.9. The van der Waals surface area contributed by atoms with E-state index in [0.29, 0.717) is 39.3 Å². The normalized spacial score (nSPS) is 15.5. The lowest BCUT2D eigenvalue weighted by Crippen LogP contribution is -2.41. The Hall–Kier alpha value is -1.14. The van der Waals surface area contributed by atoms with E-state index >= 15 is 0 Å². The molecule has 18 heavy (non-hydrogen) atoms. The predicted octanol–water partition coefficient (Wildman–Crippen LogP) is 1.50. The highest BCUT2D eigenvalue weighted by Gasteiger charge is 2.16. The summed E-state index contributed by atoms with van der Waals surface area (Å²) < 4.78 is 6.12. The topological polar surface area (TPSA) is 54.5 Å². The number of morpholine rings is 1. The standard InChI is InChI=1S/C12H16BrN3O2/c13-10-2-1-4-14-12(10)15-5-3-11(17)16-6-8-18-9-7-16/h1-2,4H,3,5-9H2,(H,14,15). The number of nitrogens with zero attached hydrogens (tertiary/aromatic N) is 2. The van der Waals surface area contributed by atoms with Crippen LogP contribution in [0.3, 0.4) is 0 Å². The molecular formula is C12H16BrN3O2. The molecule has 0 aliphatic carbocycles. The average Bonchev–Trinajstić information content (AvgIpc) is 2.42. The van der Waals surface area contributed by atoms with Crippen molar-refractivity contribution in [3.63, 3.8) is 0 Å². The summed E-state index contributed by atoms with van der Waals surface area (Å²) in [5.74, 6) is 0.935. The fourth-order valence-corrected chi connectivity index (χ4v) is 2.17. The number of amides is 1. The van der Waals surface area contributed by atoms with Gasteiger partial charge in [-0.3, -0.25) is 4.79 Å². The fraction of sp³-hybridized carbons (Fsp3) is 0.500. The molecule has 1 N–H and O–H groups in total. The molecule has 6 heteroatoms. The minimum Gasteiger partial charge on any atom is -0.378 e. The van der Waals surface area contributed by atoms with E-state index in [0.717, 1.165) is 10.3 Å². The van der Waals surface area contributed by atoms with Crippen LogP contribution in [-0.2, 0) is 9.53 Å². The summed E-state index contributed by atoms with van der Waals surface area (Å²) in [5, 5.41) is 3.15. The zero-order valence-electron chi connectivity index (χ0n) is 10.1. The molecule has 0 spiro atoms. The lowest BCUT2D eigenvalue weighted by Gasteiger charge is -2.26. The smallest absolute Gasteiger partial charge is 0.224 e. The van der Waals surface area contributed by atoms with Gasteiger partial charge in [0.25, 0.3) is 0 Å². The van der Waals surface area contributed by atoms with Crippen LogP contribution in [0.2, 0.25) is 0 Å². The van der Waals surface area contributed by atoms with E-state index in [-0.39, 0.29) is 5.91 Å². The first-order valence-electron chi connectivity index (χ1n) is 5.97. The molecule has 2 rings (SSSR count). The van der Waals surface area contributed by atoms with E-state index in [4.69, 9.17) is 4.74 Å². The molecule has 1 aliphatic heterocycles. The minimum absolute atomic E-state index is 0.165. The molecule has 1 amide bonds. The number of hydrogen-bond acceptors (Lipinski definition) is 4. The molecule has 0 unspecified atom stereocenters. The van der Waals surface area contributed by atoms with Crippen LogP contribution in [-0.4, -0.2) is 48.6 Å². The van der Waals surface area contributed by atoms with E-state index in [1.807, 2.05) is 17.0 Å². The Morgan fingerprint density at radius 3 is 3.00 bits per heavy atom. The average molecular weight is 314 g/mol. The summed E-state index contributed by atoms with van der Waals surface area (Å²) >= 11 is 3.40. The zero-order valence-corrected chi connectivity index (χ0v) is 11.6. The molecule has 0 saturated carbocycles. The number of nitrogens with one attached hydrogen (secondary N) is 1. The highest BCUT2D eigenvalue weighted by molar-refractivity contribution is 9.10. The molecular weight excluding hydrogens is 298 g/mol. The first-order valence-corrected chi connectivity index (χ1v) is 6.76. The van der Waals surface area contributed by atoms with E-state index in [2.05, 4.69) is 26.2 Å². The van der Waals surface area contributed by atoms with Crippen LogP contribution >= 0.6 is 15.9 Å². The van der Waals surface area contributed by atoms with E-state index in [1.165, 1.54) is 0 Å². The van der Waals surface area contributed by atoms with Crippen LogP contribution in [0.4, 0.5) is 5.82 Å². The molecule has 2 heterocycles. The third-order valence-corrected chi connectivity index (χ3v) is 3.39. The van der Waals surface area contributed by atoms with Gasteiger partial charge in [0.05, 0.1) is 17.7 Å². The van der Waals surface area contributed by atoms with Crippen molar-refractivity contribution >= 4 is 27.7 Å². The predicted molar refractivity (Wildman–Crippen MR) is 72.4 cm³/mol. The number of hydrogen-bond donors (Lipinski definition) is 1. The Labute approximate surface area is 115 Å². The summed E-state index contributed by atoms with van der Waals surface area (Å²) in [7, 11) is 0. The lowest BCUT2D eigenvalue weighted by atomic mass is 10.3. The molecule has 0 radical (unpaired) electrons. The summed E-state index contributed by atoms with van der Waals surface area (Å²) in [6, 6.07) is 3.77. The second-order valence-electron chi connectivity index (χ2n) is 4.00. The fourth-order valence-electron chi connectivity index (χ4n) is 1.77. The van der Waals surface area contributed by atoms with E-state index in [1.54, 1.807) is 6.20 Å². The number of rotatable bonds is 4. The number of anilines is 1. The summed E-state index contributed by atoms with van der Waals surface area (Å²) in [4.78, 5) is 17.9. The Bertz CT molecular complexity index is 408. The van der Waals surface area contributed by atoms with Gasteiger partial charge >= 0.3 is 0 Å². The summed E-state index contributed by atoms with van der Waals surface area (Å²) in [6.07, 6.45) is 2.19. The van der Waals surface area contributed by atoms with Gasteiger partial charge in [0.2, 0.25) is 5.91 Å². The molecule has 5 nitrogen and oxygen atoms in total. The van der Waals surface area contributed by atoms with Crippen LogP contribution in [0.25, 0.3) is 0 Å². The van der Waals surface area contributed by atoms with Crippen LogP contribution in [0.15, 0.2) is 22.8 Å². The van der Waals surface area contributed by atoms with Gasteiger partial charge in [-0.15, -0.1) is 0 Å². The SMILES string of the molecule is O=C(CCNc1ncccc1Br)N1CCOCC1. The van der Waals surface area contributed by atoms with Crippen molar-refractivity contribution in [2.75, 3.05) is 38.2 Å². The monoisotopic (exact) mass is 313 g/mol. The number of ether oxygens (including phenoxy) is 1. The molecule has 1 fully saturated rings. The quantitative estimate of drug-likeness (QED) is 0.915. The lowest BCUT2D eigenvalue weighted by molar-refractivity contribution is -0.134. The van der Waals surface area contributed by atoms with Gasteiger partial charge in [0, 0.05) is 32.3 Å². The maximum absolute atomic E-state index is 11.9. The molecule has 0 atom stereocenters. The third-order valence-electron chi connectivity index (χ3n) is 2.75. The Balaban J connectivity index is 1.75. The van der Waals surface area contributed by atoms with Gasteiger partial charge in [-0.1, -0.05) is 0 Å². The van der Waals surface area contributed by atoms with Gasteiger partial charge in [-0.2, -0.15) is 0 Å². The molecule has 1 aromatic heterocycles. The zero-order chi connectivity index (χ0) is 12.8. The van der Waals surface area contributed by atoms with Gasteiger partial charge in [-0.05, 0) is 28.1 Å². The number of carbonyl (C=O) groups excluding carboxylic acids is 1. The Morgan fingerprint density at radius 1 is 1.50 bits per heavy atom. The molecule has 98 valence electrons. The first kappa shape index (κ1) is 13.3. The van der Waals surface area contributed by atoms with Crippen molar-refractivity contribution in [3.05, 3.63) is 22.8 Å². The number of aromatic nitrogens is 1. The van der Waals surface area contributed by atoms with Crippen molar-refractivity contribution in [3.8, 4) is 0 Å². The van der Waals surface area contributed by atoms with Crippen molar-refractivity contribution < 1.29 is 9.53 Å². The van der Waals surface area contributed by atoms with Crippen molar-refractivity contribution in [2.45, 2.75) is 6.42 Å². The second-order valence-corrected chi connectivity index (χ2v) is 4.86. The highest BCUT2D eigenvalue weighted by Crippen LogP contribution is 2.17. The van der Waals surface area contributed by atoms with Crippen LogP contribution in [0.5, 0.6) is 0 Å². The molecule has 0 aromatic carbocycles. The molecule has 1 saturated heterocycles. The molecule has 1 aromatic rings. The van der Waals surface area contributed by atoms with Crippen LogP contribution in [0, 0.1) is 0 Å². The summed E-state index contributed by atoms with van der Waals surface area (Å²) in [6.45, 7) is 3.28. The van der Waals surface area contributed by atoms with Crippen molar-refractivity contribution in [2.24, 2.45) is 0 Å². The van der Waals surface area contributed by atoms with E-state index < -0.39 is 0 Å². The summed E-state index contributed by atoms with van der Waals surface area (Å²) in [5.41, 5.74) is 0. The molecule has 1 aliphatic rings. The van der Waals surface area contributed by atoms with Gasteiger partial charge < -0.3 is 15.0 Å². The first-order chi connectivity index (χ1) is 8.77. The van der Waals surface area contributed by atoms with Crippen molar-refractivity contribution in [1.29, 1.82) is 0 Å². The minimum atomic E-state index is 0.165. The number of pyridine rings is 1.